The Morgan fingerprint density at radius 2 is 0.767 bits per heavy atom. The molecule has 9 rings (SSSR count). The van der Waals surface area contributed by atoms with Crippen molar-refractivity contribution < 1.29 is 56.3 Å². The van der Waals surface area contributed by atoms with Gasteiger partial charge in [0.2, 0.25) is 35.4 Å². The maximum atomic E-state index is 13.4. The van der Waals surface area contributed by atoms with Gasteiger partial charge in [-0.2, -0.15) is 13.2 Å². The number of rotatable bonds is 43. The van der Waals surface area contributed by atoms with Gasteiger partial charge < -0.3 is 77.8 Å². The van der Waals surface area contributed by atoms with E-state index >= 15 is 0 Å². The van der Waals surface area contributed by atoms with E-state index in [2.05, 4.69) is 41.6 Å². The molecule has 0 aliphatic carbocycles. The second kappa shape index (κ2) is 48.2. The summed E-state index contributed by atoms with van der Waals surface area (Å²) in [4.78, 5) is 131. The normalized spacial score (nSPS) is 12.8. The monoisotopic (exact) mass is 1600 g/mol. The first-order valence-electron chi connectivity index (χ1n) is 38.6. The van der Waals surface area contributed by atoms with Gasteiger partial charge in [0.15, 0.2) is 17.3 Å². The minimum absolute atomic E-state index is 0.0799. The van der Waals surface area contributed by atoms with Gasteiger partial charge in [-0.15, -0.1) is 0 Å². The van der Waals surface area contributed by atoms with Gasteiger partial charge in [0.05, 0.1) is 83.7 Å². The average Bonchev–Trinajstić information content (AvgIpc) is 0.841. The molecule has 0 spiro atoms. The first-order valence-corrected chi connectivity index (χ1v) is 38.6. The lowest BCUT2D eigenvalue weighted by Gasteiger charge is -2.25. The minimum atomic E-state index is -4.51. The number of Topliss-reactive ketones (excluding diaryl/α,β-unsaturated/α-hetero) is 3. The molecule has 6 aromatic carbocycles. The van der Waals surface area contributed by atoms with E-state index in [4.69, 9.17) is 51.6 Å². The van der Waals surface area contributed by atoms with Crippen molar-refractivity contribution in [2.45, 2.75) is 132 Å². The fraction of sp³-hybridized carbons (Fsp3) is 0.365. The summed E-state index contributed by atoms with van der Waals surface area (Å²) in [6, 6.07) is 45.7. The van der Waals surface area contributed by atoms with Gasteiger partial charge in [-0.25, -0.2) is 5.01 Å². The summed E-state index contributed by atoms with van der Waals surface area (Å²) < 4.78 is 39.0. The molecule has 31 heteroatoms. The number of benzene rings is 6. The molecule has 23 N–H and O–H groups in total. The Bertz CT molecular complexity index is 4630. The Morgan fingerprint density at radius 3 is 1.16 bits per heavy atom. The van der Waals surface area contributed by atoms with Gasteiger partial charge in [0, 0.05) is 106 Å². The van der Waals surface area contributed by atoms with E-state index in [0.29, 0.717) is 88.9 Å². The number of carbonyl (C=O) groups excluding carboxylic acids is 9. The molecular formula is C85H108F3N19O9. The van der Waals surface area contributed by atoms with Crippen molar-refractivity contribution in [2.75, 3.05) is 65.4 Å². The van der Waals surface area contributed by atoms with Crippen molar-refractivity contribution in [3.05, 3.63) is 233 Å². The van der Waals surface area contributed by atoms with Crippen molar-refractivity contribution in [1.29, 1.82) is 0 Å². The van der Waals surface area contributed by atoms with Gasteiger partial charge in [-0.3, -0.25) is 63.5 Å². The number of hydrogen-bond donors (Lipinski definition) is 14. The first-order chi connectivity index (χ1) is 55.8. The van der Waals surface area contributed by atoms with Crippen LogP contribution in [0.3, 0.4) is 0 Å². The molecule has 0 aliphatic heterocycles. The summed E-state index contributed by atoms with van der Waals surface area (Å²) in [5.41, 5.74) is 60.3. The van der Waals surface area contributed by atoms with Crippen molar-refractivity contribution >= 4 is 85.5 Å². The molecule has 9 aromatic rings. The predicted molar refractivity (Wildman–Crippen MR) is 441 cm³/mol. The summed E-state index contributed by atoms with van der Waals surface area (Å²) in [5, 5.41) is 15.1. The highest BCUT2D eigenvalue weighted by molar-refractivity contribution is 5.97. The molecule has 116 heavy (non-hydrogen) atoms. The van der Waals surface area contributed by atoms with E-state index in [1.165, 1.54) is 17.1 Å². The lowest BCUT2D eigenvalue weighted by Crippen LogP contribution is -2.53. The van der Waals surface area contributed by atoms with Gasteiger partial charge in [0.1, 0.15) is 0 Å². The standard InChI is InChI=1S/C30H40N6O3.C28H34F3N7O3.C27H34N6O3/c31-14-6-16-36(17-7-15-32)29(38)20-25(33)30(39)35-27(13-12-22-8-2-1-3-9-22)28(37)19-23-18-24-10-4-5-11-26(24)34-21-23;29-28(30,31)21-7-5-18(6-8-21)14-24(25(39)15-19-13-20-3-1-2-4-23(20)35-17-19)36-27(41)22(34)16-26(40)37-38(11-9-32)12-10-33;28-15-21(16-29)32-26(35)14-22(30)27(36)33-24(11-10-18-6-2-1-3-7-18)25(34)13-19-12-20-8-4-5-9-23(20)31-17-19/h1-5,8-11,18,21,25,27H,6-7,12-17,19-20,31-33H2,(H,35,39);1-8,13,17,22,24H,9-12,14-16,32-34H2,(H,36,41)(H,37,40);1-9,12,17,21-22,24H,10-11,13-16,28-30H2,(H,32,35)(H,33,36)/t25-,27-;2*22-,24-/m000/s1. The number of nitrogens with two attached hydrogens (primary N) is 9. The van der Waals surface area contributed by atoms with Crippen LogP contribution in [-0.4, -0.2) is 185 Å². The van der Waals surface area contributed by atoms with Crippen LogP contribution in [0.5, 0.6) is 0 Å². The third-order valence-corrected chi connectivity index (χ3v) is 18.9. The molecule has 0 saturated heterocycles. The summed E-state index contributed by atoms with van der Waals surface area (Å²) in [6.07, 6.45) is 3.01. The number of hydrazine groups is 1. The topological polar surface area (TPSA) is 493 Å². The molecule has 0 bridgehead atoms. The van der Waals surface area contributed by atoms with E-state index in [9.17, 15) is 56.3 Å². The average molecular weight is 1600 g/mol. The molecule has 28 nitrogen and oxygen atoms in total. The van der Waals surface area contributed by atoms with Crippen LogP contribution < -0.4 is 78.3 Å². The minimum Gasteiger partial charge on any atom is -0.351 e. The number of amides is 6. The zero-order chi connectivity index (χ0) is 83.9. The number of halogens is 3. The third-order valence-electron chi connectivity index (χ3n) is 18.9. The van der Waals surface area contributed by atoms with Crippen molar-refractivity contribution in [3.8, 4) is 0 Å². The van der Waals surface area contributed by atoms with Gasteiger partial charge >= 0.3 is 6.18 Å². The highest BCUT2D eigenvalue weighted by Gasteiger charge is 2.33. The van der Waals surface area contributed by atoms with Crippen molar-refractivity contribution in [1.82, 2.24) is 51.6 Å². The van der Waals surface area contributed by atoms with Gasteiger partial charge in [-0.1, -0.05) is 127 Å². The number of para-hydroxylation sites is 3. The van der Waals surface area contributed by atoms with Gasteiger partial charge in [-0.05, 0) is 140 Å². The molecule has 3 heterocycles. The van der Waals surface area contributed by atoms with Crippen molar-refractivity contribution in [3.63, 3.8) is 0 Å². The van der Waals surface area contributed by atoms with E-state index < -0.39 is 83.3 Å². The molecule has 6 atom stereocenters. The van der Waals surface area contributed by atoms with Gasteiger partial charge in [0.25, 0.3) is 0 Å². The molecule has 3 aromatic heterocycles. The van der Waals surface area contributed by atoms with Crippen LogP contribution in [0.15, 0.2) is 195 Å². The molecule has 0 aliphatic rings. The zero-order valence-corrected chi connectivity index (χ0v) is 65.0. The third kappa shape index (κ3) is 31.2. The van der Waals surface area contributed by atoms with E-state index in [-0.39, 0.29) is 94.6 Å². The molecule has 0 fully saturated rings. The number of fused-ring (bicyclic) bond motifs is 3. The maximum absolute atomic E-state index is 13.4. The Labute approximate surface area is 672 Å². The lowest BCUT2D eigenvalue weighted by molar-refractivity contribution is -0.137. The largest absolute Gasteiger partial charge is 0.416 e. The van der Waals surface area contributed by atoms with Crippen molar-refractivity contribution in [2.24, 2.45) is 51.6 Å². The number of aryl methyl sites for hydroxylation is 2. The van der Waals surface area contributed by atoms with Crippen LogP contribution in [0.4, 0.5) is 13.2 Å². The first kappa shape index (κ1) is 91.9. The fourth-order valence-corrected chi connectivity index (χ4v) is 12.5. The number of ketones is 3. The molecular weight excluding hydrogens is 1490 g/mol. The Kier molecular flexibility index (Phi) is 38.2. The number of aromatic nitrogens is 3. The maximum Gasteiger partial charge on any atom is 0.416 e. The van der Waals surface area contributed by atoms with E-state index in [0.717, 1.165) is 67.1 Å². The number of pyridine rings is 3. The molecule has 0 saturated carbocycles. The number of hydrogen-bond acceptors (Lipinski definition) is 22. The quantitative estimate of drug-likeness (QED) is 0.0244. The fourth-order valence-electron chi connectivity index (χ4n) is 12.5. The number of nitrogens with zero attached hydrogens (tertiary/aromatic N) is 5. The van der Waals surface area contributed by atoms with Crippen LogP contribution in [0.1, 0.15) is 83.9 Å². The number of nitrogens with one attached hydrogen (secondary N) is 5. The lowest BCUT2D eigenvalue weighted by atomic mass is 9.96. The predicted octanol–water partition coefficient (Wildman–Crippen LogP) is 3.35. The molecule has 618 valence electrons. The Balaban J connectivity index is 0.000000241. The van der Waals surface area contributed by atoms with Crippen LogP contribution >= 0.6 is 0 Å². The van der Waals surface area contributed by atoms with Crippen LogP contribution in [-0.2, 0) is 87.9 Å². The summed E-state index contributed by atoms with van der Waals surface area (Å²) in [6.45, 7) is 3.49. The zero-order valence-electron chi connectivity index (χ0n) is 65.0. The second-order valence-corrected chi connectivity index (χ2v) is 28.1. The number of alkyl halides is 3. The molecule has 6 amide bonds. The smallest absolute Gasteiger partial charge is 0.351 e. The van der Waals surface area contributed by atoms with E-state index in [1.54, 1.807) is 23.5 Å². The second-order valence-electron chi connectivity index (χ2n) is 28.1. The highest BCUT2D eigenvalue weighted by Crippen LogP contribution is 2.30. The van der Waals surface area contributed by atoms with Crippen LogP contribution in [0, 0.1) is 0 Å². The summed E-state index contributed by atoms with van der Waals surface area (Å²) in [7, 11) is 0. The molecule has 0 unspecified atom stereocenters. The highest BCUT2D eigenvalue weighted by atomic mass is 19.4. The molecule has 0 radical (unpaired) electrons. The SMILES string of the molecule is NCC(CN)NC(=O)C[C@H](N)C(=O)N[C@@H](CCc1ccccc1)C(=O)Cc1cnc2ccccc2c1.NCCCN(CCCN)C(=O)C[C@H](N)C(=O)N[C@@H](CCc1ccccc1)C(=O)Cc1cnc2ccccc2c1.NCCN(CCN)NC(=O)C[C@H](N)C(=O)N[C@@H](Cc1ccc(C(F)(F)F)cc1)C(=O)Cc1cnc2ccccc2c1. The summed E-state index contributed by atoms with van der Waals surface area (Å²) >= 11 is 0. The van der Waals surface area contributed by atoms with Crippen LogP contribution in [0.25, 0.3) is 32.7 Å². The van der Waals surface area contributed by atoms with Crippen LogP contribution in [0.2, 0.25) is 0 Å². The Hall–Kier alpha value is -11.2. The number of carbonyl (C=O) groups is 9. The summed E-state index contributed by atoms with van der Waals surface area (Å²) in [5.74, 6) is -3.73. The Morgan fingerprint density at radius 1 is 0.397 bits per heavy atom. The van der Waals surface area contributed by atoms with E-state index in [1.807, 2.05) is 152 Å².